The molecule has 0 amide bonds. The van der Waals surface area contributed by atoms with Crippen molar-refractivity contribution in [2.45, 2.75) is 44.0 Å². The Bertz CT molecular complexity index is 330. The molecule has 0 spiro atoms. The van der Waals surface area contributed by atoms with Crippen LogP contribution in [-0.4, -0.2) is 24.0 Å². The molecule has 2 nitrogen and oxygen atoms in total. The Hall–Kier alpha value is -0.510. The Morgan fingerprint density at radius 3 is 2.89 bits per heavy atom. The quantitative estimate of drug-likeness (QED) is 0.529. The van der Waals surface area contributed by atoms with E-state index in [2.05, 4.69) is 43.4 Å². The third-order valence-corrected chi connectivity index (χ3v) is 3.96. The molecular formula is C15H25NOS. The number of hydrogen-bond donors (Lipinski definition) is 2. The summed E-state index contributed by atoms with van der Waals surface area (Å²) in [6.45, 7) is 5.77. The summed E-state index contributed by atoms with van der Waals surface area (Å²) in [4.78, 5) is 1.33. The number of hydrogen-bond acceptors (Lipinski definition) is 3. The molecule has 1 aromatic rings. The minimum atomic E-state index is 0.304. The van der Waals surface area contributed by atoms with Crippen LogP contribution >= 0.6 is 11.8 Å². The Balaban J connectivity index is 2.45. The molecule has 0 aliphatic rings. The minimum Gasteiger partial charge on any atom is -0.396 e. The van der Waals surface area contributed by atoms with Crippen molar-refractivity contribution in [3.8, 4) is 0 Å². The molecule has 0 bridgehead atoms. The second-order valence-corrected chi connectivity index (χ2v) is 5.70. The van der Waals surface area contributed by atoms with Gasteiger partial charge in [0.05, 0.1) is 0 Å². The van der Waals surface area contributed by atoms with Crippen molar-refractivity contribution in [1.82, 2.24) is 5.32 Å². The predicted molar refractivity (Wildman–Crippen MR) is 80.2 cm³/mol. The van der Waals surface area contributed by atoms with Gasteiger partial charge < -0.3 is 10.4 Å². The van der Waals surface area contributed by atoms with E-state index in [0.717, 1.165) is 25.1 Å². The highest BCUT2D eigenvalue weighted by molar-refractivity contribution is 7.99. The van der Waals surface area contributed by atoms with Crippen molar-refractivity contribution < 1.29 is 5.11 Å². The first kappa shape index (κ1) is 15.5. The molecule has 1 aromatic carbocycles. The van der Waals surface area contributed by atoms with Crippen LogP contribution in [0.15, 0.2) is 29.2 Å². The van der Waals surface area contributed by atoms with Gasteiger partial charge in [0.1, 0.15) is 0 Å². The average Bonchev–Trinajstić information content (AvgIpc) is 2.41. The summed E-state index contributed by atoms with van der Waals surface area (Å²) in [7, 11) is 0. The van der Waals surface area contributed by atoms with Gasteiger partial charge in [-0.25, -0.2) is 0 Å². The number of nitrogens with one attached hydrogen (secondary N) is 1. The van der Waals surface area contributed by atoms with E-state index >= 15 is 0 Å². The van der Waals surface area contributed by atoms with Crippen LogP contribution in [0.4, 0.5) is 0 Å². The summed E-state index contributed by atoms with van der Waals surface area (Å²) in [6, 6.07) is 9.18. The second-order valence-electron chi connectivity index (χ2n) is 4.53. The third-order valence-electron chi connectivity index (χ3n) is 2.88. The normalized spacial score (nSPS) is 12.6. The highest BCUT2D eigenvalue weighted by Gasteiger charge is 2.04. The maximum atomic E-state index is 8.75. The van der Waals surface area contributed by atoms with E-state index in [0.29, 0.717) is 12.6 Å². The Morgan fingerprint density at radius 2 is 2.17 bits per heavy atom. The van der Waals surface area contributed by atoms with Gasteiger partial charge >= 0.3 is 0 Å². The summed E-state index contributed by atoms with van der Waals surface area (Å²) in [5, 5.41) is 12.3. The molecule has 102 valence electrons. The molecule has 0 aromatic heterocycles. The first-order valence-electron chi connectivity index (χ1n) is 6.85. The monoisotopic (exact) mass is 267 g/mol. The van der Waals surface area contributed by atoms with E-state index in [4.69, 9.17) is 5.11 Å². The van der Waals surface area contributed by atoms with Crippen LogP contribution < -0.4 is 5.32 Å². The number of thioether (sulfide) groups is 1. The SMILES string of the molecule is CCCNC(C)c1cccc(SCCCCO)c1. The maximum absolute atomic E-state index is 8.75. The van der Waals surface area contributed by atoms with E-state index in [1.807, 2.05) is 11.8 Å². The molecule has 2 N–H and O–H groups in total. The van der Waals surface area contributed by atoms with Crippen LogP contribution in [0.25, 0.3) is 0 Å². The molecule has 0 heterocycles. The van der Waals surface area contributed by atoms with Gasteiger partial charge in [0.25, 0.3) is 0 Å². The predicted octanol–water partition coefficient (Wildman–Crippen LogP) is 3.61. The summed E-state index contributed by atoms with van der Waals surface area (Å²) in [6.07, 6.45) is 3.15. The summed E-state index contributed by atoms with van der Waals surface area (Å²) >= 11 is 1.88. The van der Waals surface area contributed by atoms with Crippen molar-refractivity contribution in [3.05, 3.63) is 29.8 Å². The van der Waals surface area contributed by atoms with Crippen LogP contribution in [0.2, 0.25) is 0 Å². The van der Waals surface area contributed by atoms with Crippen molar-refractivity contribution in [2.75, 3.05) is 18.9 Å². The van der Waals surface area contributed by atoms with Crippen LogP contribution in [0.5, 0.6) is 0 Å². The number of rotatable bonds is 9. The summed E-state index contributed by atoms with van der Waals surface area (Å²) in [5.74, 6) is 1.08. The lowest BCUT2D eigenvalue weighted by Gasteiger charge is -2.14. The molecule has 0 aliphatic heterocycles. The van der Waals surface area contributed by atoms with Crippen LogP contribution in [0.3, 0.4) is 0 Å². The molecule has 18 heavy (non-hydrogen) atoms. The topological polar surface area (TPSA) is 32.3 Å². The van der Waals surface area contributed by atoms with Crippen LogP contribution in [0.1, 0.15) is 44.7 Å². The van der Waals surface area contributed by atoms with Gasteiger partial charge in [-0.1, -0.05) is 19.1 Å². The lowest BCUT2D eigenvalue weighted by atomic mass is 10.1. The molecule has 3 heteroatoms. The third kappa shape index (κ3) is 5.89. The lowest BCUT2D eigenvalue weighted by Crippen LogP contribution is -2.19. The van der Waals surface area contributed by atoms with Crippen LogP contribution in [-0.2, 0) is 0 Å². The molecule has 0 saturated carbocycles. The molecule has 0 aliphatic carbocycles. The van der Waals surface area contributed by atoms with Gasteiger partial charge in [0, 0.05) is 17.5 Å². The number of aliphatic hydroxyl groups is 1. The molecule has 1 rings (SSSR count). The number of unbranched alkanes of at least 4 members (excludes halogenated alkanes) is 1. The standard InChI is InChI=1S/C15H25NOS/c1-3-9-16-13(2)14-7-6-8-15(12-14)18-11-5-4-10-17/h6-8,12-13,16-17H,3-5,9-11H2,1-2H3. The Kier molecular flexibility index (Phi) is 8.14. The van der Waals surface area contributed by atoms with Gasteiger partial charge in [-0.3, -0.25) is 0 Å². The highest BCUT2D eigenvalue weighted by Crippen LogP contribution is 2.23. The van der Waals surface area contributed by atoms with Gasteiger partial charge in [0.2, 0.25) is 0 Å². The first-order chi connectivity index (χ1) is 8.77. The second kappa shape index (κ2) is 9.42. The van der Waals surface area contributed by atoms with E-state index in [-0.39, 0.29) is 0 Å². The zero-order valence-electron chi connectivity index (χ0n) is 11.5. The van der Waals surface area contributed by atoms with Crippen molar-refractivity contribution in [2.24, 2.45) is 0 Å². The minimum absolute atomic E-state index is 0.304. The molecule has 0 saturated heterocycles. The molecule has 0 fully saturated rings. The summed E-state index contributed by atoms with van der Waals surface area (Å²) < 4.78 is 0. The van der Waals surface area contributed by atoms with Crippen molar-refractivity contribution in [1.29, 1.82) is 0 Å². The molecule has 1 unspecified atom stereocenters. The fourth-order valence-corrected chi connectivity index (χ4v) is 2.73. The van der Waals surface area contributed by atoms with E-state index in [1.54, 1.807) is 0 Å². The lowest BCUT2D eigenvalue weighted by molar-refractivity contribution is 0.287. The number of benzene rings is 1. The maximum Gasteiger partial charge on any atom is 0.0431 e. The Morgan fingerprint density at radius 1 is 1.33 bits per heavy atom. The van der Waals surface area contributed by atoms with Gasteiger partial charge in [0.15, 0.2) is 0 Å². The molecule has 0 radical (unpaired) electrons. The highest BCUT2D eigenvalue weighted by atomic mass is 32.2. The van der Waals surface area contributed by atoms with Gasteiger partial charge in [-0.05, 0) is 56.2 Å². The van der Waals surface area contributed by atoms with Gasteiger partial charge in [-0.2, -0.15) is 0 Å². The first-order valence-corrected chi connectivity index (χ1v) is 7.83. The molecule has 1 atom stereocenters. The zero-order chi connectivity index (χ0) is 13.2. The van der Waals surface area contributed by atoms with E-state index in [9.17, 15) is 0 Å². The number of aliphatic hydroxyl groups excluding tert-OH is 1. The Labute approximate surface area is 115 Å². The zero-order valence-corrected chi connectivity index (χ0v) is 12.3. The van der Waals surface area contributed by atoms with Crippen molar-refractivity contribution in [3.63, 3.8) is 0 Å². The van der Waals surface area contributed by atoms with Gasteiger partial charge in [-0.15, -0.1) is 11.8 Å². The average molecular weight is 267 g/mol. The van der Waals surface area contributed by atoms with Crippen LogP contribution in [0, 0.1) is 0 Å². The fraction of sp³-hybridized carbons (Fsp3) is 0.600. The largest absolute Gasteiger partial charge is 0.396 e. The fourth-order valence-electron chi connectivity index (χ4n) is 1.76. The van der Waals surface area contributed by atoms with E-state index < -0.39 is 0 Å². The van der Waals surface area contributed by atoms with E-state index in [1.165, 1.54) is 16.9 Å². The molecular weight excluding hydrogens is 242 g/mol. The summed E-state index contributed by atoms with van der Waals surface area (Å²) in [5.41, 5.74) is 1.36. The smallest absolute Gasteiger partial charge is 0.0431 e. The van der Waals surface area contributed by atoms with Crippen molar-refractivity contribution >= 4 is 11.8 Å².